The van der Waals surface area contributed by atoms with E-state index in [1.807, 2.05) is 39.0 Å². The summed E-state index contributed by atoms with van der Waals surface area (Å²) < 4.78 is 11.1. The van der Waals surface area contributed by atoms with Crippen LogP contribution in [0.3, 0.4) is 0 Å². The predicted molar refractivity (Wildman–Crippen MR) is 95.3 cm³/mol. The number of nitrogens with one attached hydrogen (secondary N) is 1. The van der Waals surface area contributed by atoms with E-state index in [-0.39, 0.29) is 18.1 Å². The second-order valence-corrected chi connectivity index (χ2v) is 6.99. The topological polar surface area (TPSA) is 73.6 Å². The number of hydrogen-bond acceptors (Lipinski definition) is 4. The van der Waals surface area contributed by atoms with E-state index < -0.39 is 5.54 Å². The fraction of sp³-hybridized carbons (Fsp3) is 0.632. The predicted octanol–water partition coefficient (Wildman–Crippen LogP) is 3.32. The number of carbonyl (C=O) groups is 1. The third kappa shape index (κ3) is 4.41. The summed E-state index contributed by atoms with van der Waals surface area (Å²) in [5, 5.41) is 3.06. The number of benzene rings is 1. The Hall–Kier alpha value is -1.75. The Kier molecular flexibility index (Phi) is 6.10. The average Bonchev–Trinajstić information content (AvgIpc) is 2.55. The highest BCUT2D eigenvalue weighted by Crippen LogP contribution is 2.32. The molecule has 1 aromatic rings. The van der Waals surface area contributed by atoms with Crippen LogP contribution in [0.15, 0.2) is 18.2 Å². The second kappa shape index (κ2) is 7.88. The average molecular weight is 334 g/mol. The van der Waals surface area contributed by atoms with Crippen molar-refractivity contribution in [2.75, 3.05) is 7.11 Å². The van der Waals surface area contributed by atoms with E-state index in [1.54, 1.807) is 7.11 Å². The van der Waals surface area contributed by atoms with Crippen molar-refractivity contribution in [1.29, 1.82) is 0 Å². The number of carbonyl (C=O) groups excluding carboxylic acids is 1. The van der Waals surface area contributed by atoms with Crippen molar-refractivity contribution in [1.82, 2.24) is 5.32 Å². The Morgan fingerprint density at radius 3 is 2.42 bits per heavy atom. The maximum atomic E-state index is 12.6. The molecule has 0 saturated heterocycles. The minimum absolute atomic E-state index is 0.0591. The molecule has 0 heterocycles. The maximum Gasteiger partial charge on any atom is 0.240 e. The van der Waals surface area contributed by atoms with Gasteiger partial charge in [-0.05, 0) is 51.3 Å². The minimum atomic E-state index is -0.725. The van der Waals surface area contributed by atoms with Crippen LogP contribution in [0.4, 0.5) is 0 Å². The Bertz CT molecular complexity index is 566. The summed E-state index contributed by atoms with van der Waals surface area (Å²) in [7, 11) is 1.62. The molecule has 2 rings (SSSR count). The highest BCUT2D eigenvalue weighted by Gasteiger charge is 2.35. The van der Waals surface area contributed by atoms with Gasteiger partial charge in [0.2, 0.25) is 5.91 Å². The standard InChI is InChI=1S/C19H30N2O3/c1-13(2)24-16-9-8-15(12-17(16)23-4)14(3)21-18(22)19(20)10-6-5-7-11-19/h8-9,12-14H,5-7,10-11,20H2,1-4H3,(H,21,22). The van der Waals surface area contributed by atoms with Crippen LogP contribution >= 0.6 is 0 Å². The van der Waals surface area contributed by atoms with Gasteiger partial charge >= 0.3 is 0 Å². The van der Waals surface area contributed by atoms with Gasteiger partial charge in [-0.25, -0.2) is 0 Å². The zero-order valence-electron chi connectivity index (χ0n) is 15.2. The van der Waals surface area contributed by atoms with E-state index in [1.165, 1.54) is 0 Å². The number of amides is 1. The summed E-state index contributed by atoms with van der Waals surface area (Å²) in [6.45, 7) is 5.91. The molecule has 0 aromatic heterocycles. The zero-order chi connectivity index (χ0) is 17.7. The van der Waals surface area contributed by atoms with Crippen molar-refractivity contribution >= 4 is 5.91 Å². The van der Waals surface area contributed by atoms with Crippen molar-refractivity contribution in [3.05, 3.63) is 23.8 Å². The number of ether oxygens (including phenoxy) is 2. The Morgan fingerprint density at radius 2 is 1.83 bits per heavy atom. The van der Waals surface area contributed by atoms with Gasteiger partial charge < -0.3 is 20.5 Å². The number of methoxy groups -OCH3 is 1. The quantitative estimate of drug-likeness (QED) is 0.837. The molecule has 1 unspecified atom stereocenters. The summed E-state index contributed by atoms with van der Waals surface area (Å²) in [6, 6.07) is 5.61. The summed E-state index contributed by atoms with van der Waals surface area (Å²) >= 11 is 0. The Labute approximate surface area is 144 Å². The van der Waals surface area contributed by atoms with Crippen LogP contribution < -0.4 is 20.5 Å². The Morgan fingerprint density at radius 1 is 1.17 bits per heavy atom. The third-order valence-electron chi connectivity index (χ3n) is 4.60. The van der Waals surface area contributed by atoms with Gasteiger partial charge in [-0.3, -0.25) is 4.79 Å². The van der Waals surface area contributed by atoms with E-state index in [2.05, 4.69) is 5.32 Å². The van der Waals surface area contributed by atoms with Crippen LogP contribution in [0.1, 0.15) is 64.5 Å². The van der Waals surface area contributed by atoms with Crippen molar-refractivity contribution in [3.63, 3.8) is 0 Å². The first kappa shape index (κ1) is 18.6. The normalized spacial score (nSPS) is 18.1. The highest BCUT2D eigenvalue weighted by atomic mass is 16.5. The fourth-order valence-electron chi connectivity index (χ4n) is 3.14. The number of hydrogen-bond donors (Lipinski definition) is 2. The molecule has 1 aliphatic carbocycles. The highest BCUT2D eigenvalue weighted by molar-refractivity contribution is 5.86. The molecule has 134 valence electrons. The first-order chi connectivity index (χ1) is 11.4. The maximum absolute atomic E-state index is 12.6. The fourth-order valence-corrected chi connectivity index (χ4v) is 3.14. The lowest BCUT2D eigenvalue weighted by molar-refractivity contribution is -0.128. The van der Waals surface area contributed by atoms with Crippen molar-refractivity contribution in [2.24, 2.45) is 5.73 Å². The van der Waals surface area contributed by atoms with E-state index >= 15 is 0 Å². The summed E-state index contributed by atoms with van der Waals surface area (Å²) in [5.74, 6) is 1.32. The number of rotatable bonds is 6. The molecule has 1 amide bonds. The van der Waals surface area contributed by atoms with Crippen molar-refractivity contribution < 1.29 is 14.3 Å². The second-order valence-electron chi connectivity index (χ2n) is 6.99. The van der Waals surface area contributed by atoms with Gasteiger partial charge in [0.15, 0.2) is 11.5 Å². The molecule has 1 saturated carbocycles. The molecule has 0 spiro atoms. The lowest BCUT2D eigenvalue weighted by Gasteiger charge is -2.33. The molecule has 5 heteroatoms. The molecule has 1 fully saturated rings. The van der Waals surface area contributed by atoms with Gasteiger partial charge in [-0.2, -0.15) is 0 Å². The largest absolute Gasteiger partial charge is 0.493 e. The zero-order valence-corrected chi connectivity index (χ0v) is 15.2. The van der Waals surface area contributed by atoms with Gasteiger partial charge in [-0.1, -0.05) is 25.3 Å². The van der Waals surface area contributed by atoms with Gasteiger partial charge in [-0.15, -0.1) is 0 Å². The summed E-state index contributed by atoms with van der Waals surface area (Å²) in [6.07, 6.45) is 4.80. The van der Waals surface area contributed by atoms with Gasteiger partial charge in [0, 0.05) is 0 Å². The van der Waals surface area contributed by atoms with Crippen LogP contribution in [-0.4, -0.2) is 24.7 Å². The molecule has 1 atom stereocenters. The molecule has 24 heavy (non-hydrogen) atoms. The van der Waals surface area contributed by atoms with Crippen LogP contribution in [-0.2, 0) is 4.79 Å². The molecule has 0 aliphatic heterocycles. The van der Waals surface area contributed by atoms with Gasteiger partial charge in [0.25, 0.3) is 0 Å². The summed E-state index contributed by atoms with van der Waals surface area (Å²) in [4.78, 5) is 12.6. The van der Waals surface area contributed by atoms with E-state index in [0.29, 0.717) is 11.5 Å². The summed E-state index contributed by atoms with van der Waals surface area (Å²) in [5.41, 5.74) is 6.55. The molecule has 5 nitrogen and oxygen atoms in total. The molecule has 1 aromatic carbocycles. The molecule has 0 radical (unpaired) electrons. The van der Waals surface area contributed by atoms with Crippen LogP contribution in [0.5, 0.6) is 11.5 Å². The van der Waals surface area contributed by atoms with Crippen LogP contribution in [0.25, 0.3) is 0 Å². The molecule has 3 N–H and O–H groups in total. The molecular weight excluding hydrogens is 304 g/mol. The lowest BCUT2D eigenvalue weighted by atomic mass is 9.81. The van der Waals surface area contributed by atoms with E-state index in [0.717, 1.165) is 37.7 Å². The Balaban J connectivity index is 2.08. The van der Waals surface area contributed by atoms with Gasteiger partial charge in [0.05, 0.1) is 24.8 Å². The lowest BCUT2D eigenvalue weighted by Crippen LogP contribution is -2.55. The van der Waals surface area contributed by atoms with E-state index in [4.69, 9.17) is 15.2 Å². The van der Waals surface area contributed by atoms with Crippen molar-refractivity contribution in [3.8, 4) is 11.5 Å². The molecule has 0 bridgehead atoms. The van der Waals surface area contributed by atoms with Crippen LogP contribution in [0.2, 0.25) is 0 Å². The SMILES string of the molecule is COc1cc(C(C)NC(=O)C2(N)CCCCC2)ccc1OC(C)C. The van der Waals surface area contributed by atoms with Crippen molar-refractivity contribution in [2.45, 2.75) is 70.6 Å². The first-order valence-corrected chi connectivity index (χ1v) is 8.80. The van der Waals surface area contributed by atoms with Gasteiger partial charge in [0.1, 0.15) is 0 Å². The number of nitrogens with two attached hydrogens (primary N) is 1. The minimum Gasteiger partial charge on any atom is -0.493 e. The third-order valence-corrected chi connectivity index (χ3v) is 4.60. The first-order valence-electron chi connectivity index (χ1n) is 8.80. The van der Waals surface area contributed by atoms with E-state index in [9.17, 15) is 4.79 Å². The monoisotopic (exact) mass is 334 g/mol. The smallest absolute Gasteiger partial charge is 0.240 e. The van der Waals surface area contributed by atoms with Crippen LogP contribution in [0, 0.1) is 0 Å². The molecule has 1 aliphatic rings. The molecular formula is C19H30N2O3.